The number of hydrogen-bond donors (Lipinski definition) is 2. The highest BCUT2D eigenvalue weighted by Crippen LogP contribution is 1.95. The van der Waals surface area contributed by atoms with Gasteiger partial charge in [-0.25, -0.2) is 5.10 Å². The van der Waals surface area contributed by atoms with Gasteiger partial charge in [0.15, 0.2) is 5.82 Å². The lowest BCUT2D eigenvalue weighted by molar-refractivity contribution is 0.742. The molecule has 1 aromatic heterocycles. The molecule has 1 aromatic rings. The zero-order valence-electron chi connectivity index (χ0n) is 4.50. The topological polar surface area (TPSA) is 80.5 Å². The molecule has 1 heterocycles. The highest BCUT2D eigenvalue weighted by Gasteiger charge is 1.99. The fourth-order valence-electron chi connectivity index (χ4n) is 0.359. The predicted octanol–water partition coefficient (Wildman–Crippen LogP) is -0.781. The number of nitrogens with one attached hydrogen (secondary N) is 1. The van der Waals surface area contributed by atoms with Crippen molar-refractivity contribution in [1.82, 2.24) is 20.6 Å². The predicted molar refractivity (Wildman–Crippen MR) is 26.8 cm³/mol. The Morgan fingerprint density at radius 1 is 1.75 bits per heavy atom. The van der Waals surface area contributed by atoms with E-state index in [1.807, 2.05) is 6.92 Å². The summed E-state index contributed by atoms with van der Waals surface area (Å²) in [5, 5.41) is 12.8. The largest absolute Gasteiger partial charge is 0.322 e. The molecule has 44 valence electrons. The summed E-state index contributed by atoms with van der Waals surface area (Å²) in [5.41, 5.74) is 5.38. The van der Waals surface area contributed by atoms with Crippen molar-refractivity contribution in [2.45, 2.75) is 13.0 Å². The van der Waals surface area contributed by atoms with Gasteiger partial charge in [0.25, 0.3) is 0 Å². The van der Waals surface area contributed by atoms with Crippen LogP contribution >= 0.6 is 0 Å². The van der Waals surface area contributed by atoms with Gasteiger partial charge in [-0.3, -0.25) is 0 Å². The van der Waals surface area contributed by atoms with Gasteiger partial charge in [0, 0.05) is 0 Å². The summed E-state index contributed by atoms with van der Waals surface area (Å²) in [6, 6.07) is -0.106. The zero-order valence-corrected chi connectivity index (χ0v) is 4.50. The maximum Gasteiger partial charge on any atom is 0.165 e. The van der Waals surface area contributed by atoms with Gasteiger partial charge in [-0.1, -0.05) is 0 Å². The van der Waals surface area contributed by atoms with E-state index in [2.05, 4.69) is 20.6 Å². The SMILES string of the molecule is CC(N)c1nnn[nH]1. The molecule has 0 radical (unpaired) electrons. The average molecular weight is 113 g/mol. The van der Waals surface area contributed by atoms with E-state index in [4.69, 9.17) is 5.73 Å². The highest BCUT2D eigenvalue weighted by molar-refractivity contribution is 4.82. The van der Waals surface area contributed by atoms with Crippen LogP contribution in [0.2, 0.25) is 0 Å². The summed E-state index contributed by atoms with van der Waals surface area (Å²) in [7, 11) is 0. The minimum Gasteiger partial charge on any atom is -0.322 e. The summed E-state index contributed by atoms with van der Waals surface area (Å²) in [4.78, 5) is 0. The molecule has 0 bridgehead atoms. The van der Waals surface area contributed by atoms with Crippen molar-refractivity contribution >= 4 is 0 Å². The first-order valence-corrected chi connectivity index (χ1v) is 2.30. The number of nitrogens with zero attached hydrogens (tertiary/aromatic N) is 3. The van der Waals surface area contributed by atoms with E-state index in [-0.39, 0.29) is 6.04 Å². The Kier molecular flexibility index (Phi) is 1.21. The first-order chi connectivity index (χ1) is 3.80. The van der Waals surface area contributed by atoms with Crippen molar-refractivity contribution in [3.8, 4) is 0 Å². The molecule has 0 spiro atoms. The molecule has 8 heavy (non-hydrogen) atoms. The van der Waals surface area contributed by atoms with Crippen molar-refractivity contribution in [2.75, 3.05) is 0 Å². The lowest BCUT2D eigenvalue weighted by atomic mass is 10.4. The molecule has 0 saturated heterocycles. The second-order valence-corrected chi connectivity index (χ2v) is 1.58. The number of aromatic nitrogens is 4. The van der Waals surface area contributed by atoms with E-state index in [9.17, 15) is 0 Å². The van der Waals surface area contributed by atoms with E-state index in [1.54, 1.807) is 0 Å². The first-order valence-electron chi connectivity index (χ1n) is 2.30. The minimum absolute atomic E-state index is 0.106. The molecule has 0 aliphatic heterocycles. The van der Waals surface area contributed by atoms with Crippen LogP contribution in [0.3, 0.4) is 0 Å². The smallest absolute Gasteiger partial charge is 0.165 e. The van der Waals surface area contributed by atoms with Crippen molar-refractivity contribution in [3.05, 3.63) is 5.82 Å². The third-order valence-electron chi connectivity index (χ3n) is 0.793. The number of nitrogens with two attached hydrogens (primary N) is 1. The summed E-state index contributed by atoms with van der Waals surface area (Å²) >= 11 is 0. The maximum atomic E-state index is 5.38. The molecule has 1 atom stereocenters. The van der Waals surface area contributed by atoms with Gasteiger partial charge in [0.2, 0.25) is 0 Å². The van der Waals surface area contributed by atoms with Crippen molar-refractivity contribution in [1.29, 1.82) is 0 Å². The van der Waals surface area contributed by atoms with E-state index in [0.29, 0.717) is 5.82 Å². The van der Waals surface area contributed by atoms with Crippen LogP contribution in [0.5, 0.6) is 0 Å². The standard InChI is InChI=1S/C3H7N5/c1-2(4)3-5-7-8-6-3/h2H,4H2,1H3,(H,5,6,7,8). The lowest BCUT2D eigenvalue weighted by Crippen LogP contribution is -2.06. The summed E-state index contributed by atoms with van der Waals surface area (Å²) in [6.45, 7) is 1.81. The van der Waals surface area contributed by atoms with E-state index < -0.39 is 0 Å². The molecule has 5 heteroatoms. The van der Waals surface area contributed by atoms with Crippen LogP contribution < -0.4 is 5.73 Å². The number of hydrogen-bond acceptors (Lipinski definition) is 4. The molecule has 3 N–H and O–H groups in total. The van der Waals surface area contributed by atoms with Crippen LogP contribution in [0, 0.1) is 0 Å². The Morgan fingerprint density at radius 2 is 2.50 bits per heavy atom. The van der Waals surface area contributed by atoms with Crippen molar-refractivity contribution in [2.24, 2.45) is 5.73 Å². The second kappa shape index (κ2) is 1.87. The fourth-order valence-corrected chi connectivity index (χ4v) is 0.359. The molecule has 5 nitrogen and oxygen atoms in total. The molecule has 1 rings (SSSR count). The lowest BCUT2D eigenvalue weighted by Gasteiger charge is -1.92. The third-order valence-corrected chi connectivity index (χ3v) is 0.793. The number of rotatable bonds is 1. The molecule has 0 aliphatic carbocycles. The van der Waals surface area contributed by atoms with Crippen LogP contribution in [0.1, 0.15) is 18.8 Å². The summed E-state index contributed by atoms with van der Waals surface area (Å²) in [6.07, 6.45) is 0. The molecular formula is C3H7N5. The molecule has 1 unspecified atom stereocenters. The van der Waals surface area contributed by atoms with Gasteiger partial charge in [-0.05, 0) is 17.4 Å². The van der Waals surface area contributed by atoms with Gasteiger partial charge in [0.1, 0.15) is 0 Å². The Bertz CT molecular complexity index is 143. The van der Waals surface area contributed by atoms with E-state index in [1.165, 1.54) is 0 Å². The third kappa shape index (κ3) is 0.812. The Hall–Kier alpha value is -0.970. The molecular weight excluding hydrogens is 106 g/mol. The highest BCUT2D eigenvalue weighted by atomic mass is 15.5. The maximum absolute atomic E-state index is 5.38. The molecule has 0 saturated carbocycles. The monoisotopic (exact) mass is 113 g/mol. The number of tetrazole rings is 1. The van der Waals surface area contributed by atoms with Crippen molar-refractivity contribution in [3.63, 3.8) is 0 Å². The van der Waals surface area contributed by atoms with Crippen LogP contribution in [-0.4, -0.2) is 20.6 Å². The van der Waals surface area contributed by atoms with Crippen LogP contribution in [-0.2, 0) is 0 Å². The van der Waals surface area contributed by atoms with Gasteiger partial charge in [-0.15, -0.1) is 5.10 Å². The minimum atomic E-state index is -0.106. The van der Waals surface area contributed by atoms with Crippen LogP contribution in [0.25, 0.3) is 0 Å². The molecule has 0 aliphatic rings. The molecule has 0 aromatic carbocycles. The Balaban J connectivity index is 2.77. The van der Waals surface area contributed by atoms with Gasteiger partial charge >= 0.3 is 0 Å². The first kappa shape index (κ1) is 5.17. The summed E-state index contributed by atoms with van der Waals surface area (Å²) in [5.74, 6) is 0.616. The van der Waals surface area contributed by atoms with Gasteiger partial charge in [-0.2, -0.15) is 0 Å². The number of aromatic amines is 1. The van der Waals surface area contributed by atoms with Crippen molar-refractivity contribution < 1.29 is 0 Å². The summed E-state index contributed by atoms with van der Waals surface area (Å²) < 4.78 is 0. The Labute approximate surface area is 46.3 Å². The zero-order chi connectivity index (χ0) is 5.98. The molecule has 0 amide bonds. The van der Waals surface area contributed by atoms with Crippen LogP contribution in [0.4, 0.5) is 0 Å². The van der Waals surface area contributed by atoms with E-state index >= 15 is 0 Å². The second-order valence-electron chi connectivity index (χ2n) is 1.58. The van der Waals surface area contributed by atoms with Gasteiger partial charge < -0.3 is 5.73 Å². The van der Waals surface area contributed by atoms with E-state index in [0.717, 1.165) is 0 Å². The fraction of sp³-hybridized carbons (Fsp3) is 0.667. The quantitative estimate of drug-likeness (QED) is 0.500. The normalized spacial score (nSPS) is 13.8. The molecule has 0 fully saturated rings. The number of H-pyrrole nitrogens is 1. The Morgan fingerprint density at radius 3 is 2.75 bits per heavy atom. The van der Waals surface area contributed by atoms with Gasteiger partial charge in [0.05, 0.1) is 6.04 Å². The average Bonchev–Trinajstić information content (AvgIpc) is 2.12. The van der Waals surface area contributed by atoms with Crippen LogP contribution in [0.15, 0.2) is 0 Å².